The molecule has 3 aromatic carbocycles. The molecule has 0 bridgehead atoms. The molecule has 0 saturated carbocycles. The summed E-state index contributed by atoms with van der Waals surface area (Å²) in [7, 11) is -3.80. The van der Waals surface area contributed by atoms with E-state index < -0.39 is 15.6 Å². The van der Waals surface area contributed by atoms with Crippen LogP contribution in [0.3, 0.4) is 0 Å². The zero-order valence-corrected chi connectivity index (χ0v) is 17.3. The molecule has 0 aromatic heterocycles. The van der Waals surface area contributed by atoms with Crippen LogP contribution >= 0.6 is 11.6 Å². The van der Waals surface area contributed by atoms with Crippen LogP contribution in [0.5, 0.6) is 0 Å². The number of benzene rings is 3. The van der Waals surface area contributed by atoms with Crippen LogP contribution < -0.4 is 4.72 Å². The fraction of sp³-hybridized carbons (Fsp3) is 0.182. The van der Waals surface area contributed by atoms with E-state index in [2.05, 4.69) is 4.72 Å². The van der Waals surface area contributed by atoms with Gasteiger partial charge in [-0.05, 0) is 48.2 Å². The first-order valence-corrected chi connectivity index (χ1v) is 10.7. The van der Waals surface area contributed by atoms with Gasteiger partial charge in [-0.1, -0.05) is 72.3 Å². The maximum Gasteiger partial charge on any atom is 0.240 e. The highest BCUT2D eigenvalue weighted by molar-refractivity contribution is 7.89. The lowest BCUT2D eigenvalue weighted by atomic mass is 9.94. The fourth-order valence-corrected chi connectivity index (χ4v) is 4.57. The summed E-state index contributed by atoms with van der Waals surface area (Å²) in [5.74, 6) is 0. The van der Waals surface area contributed by atoms with Gasteiger partial charge in [-0.3, -0.25) is 0 Å². The van der Waals surface area contributed by atoms with Crippen LogP contribution in [0.15, 0.2) is 77.7 Å². The van der Waals surface area contributed by atoms with E-state index in [0.29, 0.717) is 16.1 Å². The Bertz CT molecular complexity index is 1060. The Labute approximate surface area is 170 Å². The lowest BCUT2D eigenvalue weighted by Crippen LogP contribution is -2.38. The Hall–Kier alpha value is -2.18. The second-order valence-corrected chi connectivity index (χ2v) is 9.05. The third kappa shape index (κ3) is 4.45. The summed E-state index contributed by atoms with van der Waals surface area (Å²) in [5, 5.41) is 11.2. The quantitative estimate of drug-likeness (QED) is 0.622. The van der Waals surface area contributed by atoms with Gasteiger partial charge in [0.25, 0.3) is 0 Å². The average molecular weight is 416 g/mol. The van der Waals surface area contributed by atoms with E-state index in [0.717, 1.165) is 11.1 Å². The van der Waals surface area contributed by atoms with Gasteiger partial charge in [-0.2, -0.15) is 0 Å². The Morgan fingerprint density at radius 1 is 0.929 bits per heavy atom. The molecule has 0 aliphatic carbocycles. The molecule has 146 valence electrons. The molecule has 0 spiro atoms. The highest BCUT2D eigenvalue weighted by Crippen LogP contribution is 2.26. The number of nitrogens with one attached hydrogen (secondary N) is 1. The molecule has 3 rings (SSSR count). The molecule has 0 amide bonds. The van der Waals surface area contributed by atoms with Crippen LogP contribution in [0, 0.1) is 6.92 Å². The summed E-state index contributed by atoms with van der Waals surface area (Å²) in [6.45, 7) is 3.07. The van der Waals surface area contributed by atoms with Crippen molar-refractivity contribution in [2.75, 3.05) is 6.54 Å². The van der Waals surface area contributed by atoms with Crippen LogP contribution in [0.25, 0.3) is 11.1 Å². The van der Waals surface area contributed by atoms with Crippen LogP contribution in [-0.4, -0.2) is 20.1 Å². The van der Waals surface area contributed by atoms with Gasteiger partial charge in [0.05, 0.1) is 4.90 Å². The Kier molecular flexibility index (Phi) is 5.91. The zero-order valence-electron chi connectivity index (χ0n) is 15.7. The Morgan fingerprint density at radius 3 is 2.18 bits per heavy atom. The second-order valence-electron chi connectivity index (χ2n) is 6.90. The summed E-state index contributed by atoms with van der Waals surface area (Å²) in [6.07, 6.45) is 0. The van der Waals surface area contributed by atoms with E-state index in [-0.39, 0.29) is 11.4 Å². The standard InChI is InChI=1S/C22H22ClNO3S/c1-16-20(23)9-6-10-21(16)28(26,27)24-15-22(2,25)19-13-11-18(12-14-19)17-7-4-3-5-8-17/h3-14,24-25H,15H2,1-2H3. The van der Waals surface area contributed by atoms with E-state index >= 15 is 0 Å². The molecule has 3 aromatic rings. The van der Waals surface area contributed by atoms with Crippen molar-refractivity contribution in [2.45, 2.75) is 24.3 Å². The topological polar surface area (TPSA) is 66.4 Å². The second kappa shape index (κ2) is 8.05. The SMILES string of the molecule is Cc1c(Cl)cccc1S(=O)(=O)NCC(C)(O)c1ccc(-c2ccccc2)cc1. The van der Waals surface area contributed by atoms with Crippen molar-refractivity contribution >= 4 is 21.6 Å². The molecule has 4 nitrogen and oxygen atoms in total. The van der Waals surface area contributed by atoms with Gasteiger partial charge in [0, 0.05) is 11.6 Å². The predicted octanol–water partition coefficient (Wildman–Crippen LogP) is 4.50. The van der Waals surface area contributed by atoms with Gasteiger partial charge in [-0.25, -0.2) is 13.1 Å². The summed E-state index contributed by atoms with van der Waals surface area (Å²) >= 11 is 6.03. The summed E-state index contributed by atoms with van der Waals surface area (Å²) in [6, 6.07) is 22.1. The van der Waals surface area contributed by atoms with Crippen molar-refractivity contribution < 1.29 is 13.5 Å². The van der Waals surface area contributed by atoms with E-state index in [1.165, 1.54) is 6.07 Å². The number of hydrogen-bond donors (Lipinski definition) is 2. The van der Waals surface area contributed by atoms with Crippen LogP contribution in [0.1, 0.15) is 18.1 Å². The molecule has 0 fully saturated rings. The molecule has 0 heterocycles. The van der Waals surface area contributed by atoms with Crippen LogP contribution in [0.4, 0.5) is 0 Å². The minimum Gasteiger partial charge on any atom is -0.384 e. The van der Waals surface area contributed by atoms with Gasteiger partial charge in [0.1, 0.15) is 5.60 Å². The number of halogens is 1. The van der Waals surface area contributed by atoms with Gasteiger partial charge in [0.2, 0.25) is 10.0 Å². The third-order valence-corrected chi connectivity index (χ3v) is 6.68. The van der Waals surface area contributed by atoms with Crippen molar-refractivity contribution in [1.82, 2.24) is 4.72 Å². The first-order valence-electron chi connectivity index (χ1n) is 8.84. The first kappa shape index (κ1) is 20.6. The van der Waals surface area contributed by atoms with Crippen molar-refractivity contribution in [1.29, 1.82) is 0 Å². The highest BCUT2D eigenvalue weighted by atomic mass is 35.5. The largest absolute Gasteiger partial charge is 0.384 e. The van der Waals surface area contributed by atoms with Crippen LogP contribution in [0.2, 0.25) is 5.02 Å². The smallest absolute Gasteiger partial charge is 0.240 e. The van der Waals surface area contributed by atoms with Crippen molar-refractivity contribution in [2.24, 2.45) is 0 Å². The van der Waals surface area contributed by atoms with E-state index in [1.807, 2.05) is 42.5 Å². The lowest BCUT2D eigenvalue weighted by Gasteiger charge is -2.25. The van der Waals surface area contributed by atoms with E-state index in [4.69, 9.17) is 11.6 Å². The molecule has 0 radical (unpaired) electrons. The normalized spacial score (nSPS) is 13.9. The minimum atomic E-state index is -3.80. The van der Waals surface area contributed by atoms with Gasteiger partial charge < -0.3 is 5.11 Å². The number of hydrogen-bond acceptors (Lipinski definition) is 3. The summed E-state index contributed by atoms with van der Waals surface area (Å²) < 4.78 is 27.8. The molecule has 28 heavy (non-hydrogen) atoms. The summed E-state index contributed by atoms with van der Waals surface area (Å²) in [5.41, 5.74) is 1.83. The predicted molar refractivity (Wildman–Crippen MR) is 113 cm³/mol. The molecule has 2 N–H and O–H groups in total. The molecular formula is C22H22ClNO3S. The minimum absolute atomic E-state index is 0.107. The first-order chi connectivity index (χ1) is 13.2. The molecule has 1 atom stereocenters. The maximum atomic E-state index is 12.6. The van der Waals surface area contributed by atoms with Gasteiger partial charge in [0.15, 0.2) is 0 Å². The summed E-state index contributed by atoms with van der Waals surface area (Å²) in [4.78, 5) is 0.107. The van der Waals surface area contributed by atoms with Crippen molar-refractivity contribution in [3.05, 3.63) is 88.9 Å². The molecule has 6 heteroatoms. The average Bonchev–Trinajstić information content (AvgIpc) is 2.69. The molecule has 0 saturated heterocycles. The highest BCUT2D eigenvalue weighted by Gasteiger charge is 2.27. The molecule has 0 aliphatic rings. The number of aliphatic hydroxyl groups is 1. The maximum absolute atomic E-state index is 12.6. The van der Waals surface area contributed by atoms with Gasteiger partial charge in [-0.15, -0.1) is 0 Å². The zero-order chi connectivity index (χ0) is 20.4. The monoisotopic (exact) mass is 415 g/mol. The fourth-order valence-electron chi connectivity index (χ4n) is 2.95. The molecule has 0 aliphatic heterocycles. The third-order valence-electron chi connectivity index (χ3n) is 4.73. The van der Waals surface area contributed by atoms with Crippen molar-refractivity contribution in [3.63, 3.8) is 0 Å². The van der Waals surface area contributed by atoms with Crippen molar-refractivity contribution in [3.8, 4) is 11.1 Å². The lowest BCUT2D eigenvalue weighted by molar-refractivity contribution is 0.0627. The molecular weight excluding hydrogens is 394 g/mol. The molecule has 1 unspecified atom stereocenters. The number of rotatable bonds is 6. The number of sulfonamides is 1. The Balaban J connectivity index is 1.77. The van der Waals surface area contributed by atoms with Crippen LogP contribution in [-0.2, 0) is 15.6 Å². The van der Waals surface area contributed by atoms with Gasteiger partial charge >= 0.3 is 0 Å². The Morgan fingerprint density at radius 2 is 1.54 bits per heavy atom. The van der Waals surface area contributed by atoms with E-state index in [1.54, 1.807) is 38.1 Å². The van der Waals surface area contributed by atoms with E-state index in [9.17, 15) is 13.5 Å².